The summed E-state index contributed by atoms with van der Waals surface area (Å²) in [5.74, 6) is 0.810. The van der Waals surface area contributed by atoms with E-state index in [4.69, 9.17) is 16.9 Å². The summed E-state index contributed by atoms with van der Waals surface area (Å²) in [4.78, 5) is 4.24. The maximum atomic E-state index is 8.92. The van der Waals surface area contributed by atoms with Crippen LogP contribution in [0.25, 0.3) is 0 Å². The van der Waals surface area contributed by atoms with Crippen LogP contribution in [0.3, 0.4) is 0 Å². The fourth-order valence-corrected chi connectivity index (χ4v) is 1.87. The van der Waals surface area contributed by atoms with Crippen LogP contribution >= 0.6 is 11.6 Å². The maximum Gasteiger partial charge on any atom is 0.127 e. The van der Waals surface area contributed by atoms with Gasteiger partial charge in [-0.25, -0.2) is 4.98 Å². The summed E-state index contributed by atoms with van der Waals surface area (Å²) < 4.78 is 0. The largest absolute Gasteiger partial charge is 0.370 e. The van der Waals surface area contributed by atoms with Crippen LogP contribution in [-0.2, 0) is 0 Å². The number of anilines is 3. The maximum absolute atomic E-state index is 8.92. The van der Waals surface area contributed by atoms with Crippen molar-refractivity contribution in [3.63, 3.8) is 0 Å². The molecule has 0 saturated carbocycles. The Morgan fingerprint density at radius 1 is 1.30 bits per heavy atom. The molecule has 1 aromatic heterocycles. The van der Waals surface area contributed by atoms with Crippen LogP contribution in [0.4, 0.5) is 17.2 Å². The average Bonchev–Trinajstić information content (AvgIpc) is 2.48. The van der Waals surface area contributed by atoms with Gasteiger partial charge < -0.3 is 10.6 Å². The second kappa shape index (κ2) is 6.78. The van der Waals surface area contributed by atoms with Crippen LogP contribution in [0, 0.1) is 11.3 Å². The number of hydrogen-bond acceptors (Lipinski definition) is 4. The summed E-state index contributed by atoms with van der Waals surface area (Å²) in [5.41, 5.74) is 2.14. The molecule has 0 unspecified atom stereocenters. The Labute approximate surface area is 123 Å². The van der Waals surface area contributed by atoms with Crippen molar-refractivity contribution < 1.29 is 0 Å². The second-order valence-corrected chi connectivity index (χ2v) is 4.70. The minimum atomic E-state index is 0.565. The Morgan fingerprint density at radius 2 is 2.15 bits per heavy atom. The Kier molecular flexibility index (Phi) is 4.80. The first-order valence-electron chi connectivity index (χ1n) is 6.39. The lowest BCUT2D eigenvalue weighted by atomic mass is 10.2. The fourth-order valence-electron chi connectivity index (χ4n) is 1.70. The van der Waals surface area contributed by atoms with E-state index in [0.29, 0.717) is 16.3 Å². The van der Waals surface area contributed by atoms with E-state index in [-0.39, 0.29) is 0 Å². The average molecular weight is 287 g/mol. The van der Waals surface area contributed by atoms with Gasteiger partial charge in [-0.2, -0.15) is 5.26 Å². The Balaban J connectivity index is 2.19. The van der Waals surface area contributed by atoms with Gasteiger partial charge in [0.2, 0.25) is 0 Å². The number of nitrogens with zero attached hydrogens (tertiary/aromatic N) is 2. The van der Waals surface area contributed by atoms with Crippen molar-refractivity contribution in [1.29, 1.82) is 5.26 Å². The zero-order chi connectivity index (χ0) is 14.4. The molecule has 4 nitrogen and oxygen atoms in total. The molecule has 102 valence electrons. The molecular formula is C15H15ClN4. The van der Waals surface area contributed by atoms with Gasteiger partial charge in [0.15, 0.2) is 0 Å². The Bertz CT molecular complexity index is 634. The zero-order valence-electron chi connectivity index (χ0n) is 11.2. The van der Waals surface area contributed by atoms with Gasteiger partial charge in [0.1, 0.15) is 5.82 Å². The van der Waals surface area contributed by atoms with Gasteiger partial charge in [-0.1, -0.05) is 18.5 Å². The molecule has 0 radical (unpaired) electrons. The molecule has 2 rings (SSSR count). The lowest BCUT2D eigenvalue weighted by molar-refractivity contribution is 0.969. The van der Waals surface area contributed by atoms with E-state index in [1.807, 2.05) is 12.1 Å². The third-order valence-electron chi connectivity index (χ3n) is 2.69. The summed E-state index contributed by atoms with van der Waals surface area (Å²) in [5, 5.41) is 15.9. The number of benzene rings is 1. The van der Waals surface area contributed by atoms with Gasteiger partial charge >= 0.3 is 0 Å². The van der Waals surface area contributed by atoms with E-state index < -0.39 is 0 Å². The monoisotopic (exact) mass is 286 g/mol. The van der Waals surface area contributed by atoms with Crippen molar-refractivity contribution in [1.82, 2.24) is 4.98 Å². The van der Waals surface area contributed by atoms with E-state index in [2.05, 4.69) is 28.6 Å². The van der Waals surface area contributed by atoms with Crippen molar-refractivity contribution in [3.05, 3.63) is 47.1 Å². The quantitative estimate of drug-likeness (QED) is 0.866. The molecule has 0 aliphatic heterocycles. The van der Waals surface area contributed by atoms with E-state index in [1.54, 1.807) is 24.4 Å². The van der Waals surface area contributed by atoms with Gasteiger partial charge in [0.05, 0.1) is 22.3 Å². The number of nitriles is 1. The van der Waals surface area contributed by atoms with Gasteiger partial charge in [0, 0.05) is 24.5 Å². The number of nitrogens with one attached hydrogen (secondary N) is 2. The van der Waals surface area contributed by atoms with Gasteiger partial charge in [-0.05, 0) is 30.7 Å². The third-order valence-corrected chi connectivity index (χ3v) is 3.02. The third kappa shape index (κ3) is 3.62. The molecule has 0 fully saturated rings. The van der Waals surface area contributed by atoms with E-state index >= 15 is 0 Å². The topological polar surface area (TPSA) is 60.7 Å². The van der Waals surface area contributed by atoms with Gasteiger partial charge in [0.25, 0.3) is 0 Å². The van der Waals surface area contributed by atoms with Crippen molar-refractivity contribution in [2.45, 2.75) is 13.3 Å². The molecule has 0 spiro atoms. The first kappa shape index (κ1) is 14.2. The van der Waals surface area contributed by atoms with Crippen LogP contribution in [0.1, 0.15) is 18.9 Å². The molecule has 1 aromatic carbocycles. The molecule has 0 bridgehead atoms. The standard InChI is InChI=1S/C15H15ClN4/c1-2-6-18-15-9-12(5-7-19-15)20-14-8-11(10-17)3-4-13(14)16/h3-5,7-9H,2,6H2,1H3,(H2,18,19,20). The predicted molar refractivity (Wildman–Crippen MR) is 82.5 cm³/mol. The molecule has 0 aliphatic carbocycles. The normalized spacial score (nSPS) is 9.85. The summed E-state index contributed by atoms with van der Waals surface area (Å²) in [6, 6.07) is 11.0. The van der Waals surface area contributed by atoms with Crippen molar-refractivity contribution in [3.8, 4) is 6.07 Å². The molecule has 0 aliphatic rings. The second-order valence-electron chi connectivity index (χ2n) is 4.29. The van der Waals surface area contributed by atoms with Crippen molar-refractivity contribution in [2.75, 3.05) is 17.2 Å². The summed E-state index contributed by atoms with van der Waals surface area (Å²) in [6.07, 6.45) is 2.76. The van der Waals surface area contributed by atoms with Crippen LogP contribution in [-0.4, -0.2) is 11.5 Å². The van der Waals surface area contributed by atoms with Crippen molar-refractivity contribution in [2.24, 2.45) is 0 Å². The number of rotatable bonds is 5. The van der Waals surface area contributed by atoms with Crippen LogP contribution in [0.5, 0.6) is 0 Å². The Morgan fingerprint density at radius 3 is 2.90 bits per heavy atom. The fraction of sp³-hybridized carbons (Fsp3) is 0.200. The first-order valence-corrected chi connectivity index (χ1v) is 6.77. The minimum absolute atomic E-state index is 0.565. The highest BCUT2D eigenvalue weighted by Gasteiger charge is 2.03. The van der Waals surface area contributed by atoms with E-state index in [9.17, 15) is 0 Å². The minimum Gasteiger partial charge on any atom is -0.370 e. The lowest BCUT2D eigenvalue weighted by Crippen LogP contribution is -2.02. The number of pyridine rings is 1. The van der Waals surface area contributed by atoms with Gasteiger partial charge in [-0.15, -0.1) is 0 Å². The van der Waals surface area contributed by atoms with Crippen LogP contribution in [0.15, 0.2) is 36.5 Å². The van der Waals surface area contributed by atoms with Crippen LogP contribution < -0.4 is 10.6 Å². The van der Waals surface area contributed by atoms with Crippen molar-refractivity contribution >= 4 is 28.8 Å². The molecule has 0 atom stereocenters. The zero-order valence-corrected chi connectivity index (χ0v) is 11.9. The first-order chi connectivity index (χ1) is 9.72. The molecular weight excluding hydrogens is 272 g/mol. The van der Waals surface area contributed by atoms with Gasteiger partial charge in [-0.3, -0.25) is 0 Å². The molecule has 2 aromatic rings. The molecule has 0 saturated heterocycles. The molecule has 1 heterocycles. The summed E-state index contributed by atoms with van der Waals surface area (Å²) in [7, 11) is 0. The van der Waals surface area contributed by atoms with Crippen LogP contribution in [0.2, 0.25) is 5.02 Å². The highest BCUT2D eigenvalue weighted by molar-refractivity contribution is 6.33. The van der Waals surface area contributed by atoms with E-state index in [1.165, 1.54) is 0 Å². The Hall–Kier alpha value is -2.25. The molecule has 2 N–H and O–H groups in total. The smallest absolute Gasteiger partial charge is 0.127 e. The van der Waals surface area contributed by atoms with E-state index in [0.717, 1.165) is 24.5 Å². The SMILES string of the molecule is CCCNc1cc(Nc2cc(C#N)ccc2Cl)ccn1. The number of halogens is 1. The summed E-state index contributed by atoms with van der Waals surface area (Å²) >= 11 is 6.12. The lowest BCUT2D eigenvalue weighted by Gasteiger charge is -2.10. The number of aromatic nitrogens is 1. The number of hydrogen-bond donors (Lipinski definition) is 2. The summed E-state index contributed by atoms with van der Waals surface area (Å²) in [6.45, 7) is 2.98. The highest BCUT2D eigenvalue weighted by atomic mass is 35.5. The molecule has 5 heteroatoms. The molecule has 20 heavy (non-hydrogen) atoms. The predicted octanol–water partition coefficient (Wildman–Crippen LogP) is 4.17. The highest BCUT2D eigenvalue weighted by Crippen LogP contribution is 2.27. The molecule has 0 amide bonds.